The van der Waals surface area contributed by atoms with Crippen molar-refractivity contribution in [2.45, 2.75) is 62.8 Å². The summed E-state index contributed by atoms with van der Waals surface area (Å²) in [5.41, 5.74) is 4.07. The number of hydrogen-bond acceptors (Lipinski definition) is 9. The molecule has 2 aromatic carbocycles. The molecule has 2 unspecified atom stereocenters. The van der Waals surface area contributed by atoms with Gasteiger partial charge in [0.1, 0.15) is 12.4 Å². The van der Waals surface area contributed by atoms with E-state index >= 15 is 0 Å². The predicted octanol–water partition coefficient (Wildman–Crippen LogP) is 4.22. The van der Waals surface area contributed by atoms with Crippen molar-refractivity contribution in [2.24, 2.45) is 0 Å². The summed E-state index contributed by atoms with van der Waals surface area (Å²) in [6.07, 6.45) is 3.74. The number of para-hydroxylation sites is 1. The van der Waals surface area contributed by atoms with E-state index in [9.17, 15) is 23.2 Å². The van der Waals surface area contributed by atoms with Gasteiger partial charge < -0.3 is 14.7 Å². The highest BCUT2D eigenvalue weighted by Crippen LogP contribution is 2.31. The predicted molar refractivity (Wildman–Crippen MR) is 135 cm³/mol. The molecule has 0 saturated heterocycles. The van der Waals surface area contributed by atoms with Crippen LogP contribution in [0.5, 0.6) is 5.75 Å². The Morgan fingerprint density at radius 3 is 2.42 bits per heavy atom. The van der Waals surface area contributed by atoms with E-state index in [1.807, 2.05) is 44.2 Å². The van der Waals surface area contributed by atoms with Crippen LogP contribution in [0.3, 0.4) is 0 Å². The molecule has 0 bridgehead atoms. The normalized spacial score (nSPS) is 16.7. The van der Waals surface area contributed by atoms with Gasteiger partial charge in [-0.05, 0) is 49.2 Å². The third-order valence-electron chi connectivity index (χ3n) is 5.52. The molecule has 0 radical (unpaired) electrons. The second-order valence-electron chi connectivity index (χ2n) is 7.70. The highest BCUT2D eigenvalue weighted by atomic mass is 32.2. The van der Waals surface area contributed by atoms with E-state index < -0.39 is 27.1 Å². The number of sulfone groups is 1. The fraction of sp³-hybridized carbons (Fsp3) is 0.346. The number of benzene rings is 2. The van der Waals surface area contributed by atoms with Crippen LogP contribution in [-0.4, -0.2) is 42.3 Å². The molecule has 2 atom stereocenters. The first-order chi connectivity index (χ1) is 17.4. The number of pyridine rings is 1. The smallest absolute Gasteiger partial charge is 0.310 e. The van der Waals surface area contributed by atoms with Crippen LogP contribution in [0.2, 0.25) is 0 Å². The lowest BCUT2D eigenvalue weighted by atomic mass is 10.1. The topological polar surface area (TPSA) is 132 Å². The molecule has 1 aliphatic carbocycles. The SMILES string of the molecule is CC.CC(=O)OC=O.O=S(=O)(c1ccc(OCc2ccnc3ccccc23)cc1)C1CCCC1NO. The average Bonchev–Trinajstić information content (AvgIpc) is 3.39. The summed E-state index contributed by atoms with van der Waals surface area (Å²) in [6, 6.07) is 15.9. The van der Waals surface area contributed by atoms with E-state index in [2.05, 4.69) is 15.2 Å². The number of fused-ring (bicyclic) bond motifs is 1. The number of hydrogen-bond donors (Lipinski definition) is 2. The highest BCUT2D eigenvalue weighted by Gasteiger charge is 2.38. The Balaban J connectivity index is 0.000000502. The summed E-state index contributed by atoms with van der Waals surface area (Å²) in [7, 11) is -3.50. The number of hydroxylamine groups is 1. The van der Waals surface area contributed by atoms with Gasteiger partial charge in [0.2, 0.25) is 0 Å². The Morgan fingerprint density at radius 2 is 1.81 bits per heavy atom. The van der Waals surface area contributed by atoms with Crippen molar-refractivity contribution in [1.82, 2.24) is 10.5 Å². The van der Waals surface area contributed by atoms with Crippen molar-refractivity contribution in [1.29, 1.82) is 0 Å². The molecule has 1 heterocycles. The molecule has 1 aromatic heterocycles. The quantitative estimate of drug-likeness (QED) is 0.205. The van der Waals surface area contributed by atoms with Crippen LogP contribution in [0, 0.1) is 0 Å². The second kappa shape index (κ2) is 14.3. The second-order valence-corrected chi connectivity index (χ2v) is 9.87. The Labute approximate surface area is 211 Å². The number of carbonyl (C=O) groups is 2. The zero-order valence-corrected chi connectivity index (χ0v) is 21.4. The van der Waals surface area contributed by atoms with Gasteiger partial charge in [-0.25, -0.2) is 13.9 Å². The van der Waals surface area contributed by atoms with Crippen LogP contribution in [0.1, 0.15) is 45.6 Å². The van der Waals surface area contributed by atoms with E-state index in [1.54, 1.807) is 30.5 Å². The zero-order valence-electron chi connectivity index (χ0n) is 20.6. The number of rotatable bonds is 7. The molecular weight excluding hydrogens is 484 g/mol. The van der Waals surface area contributed by atoms with Crippen molar-refractivity contribution in [3.63, 3.8) is 0 Å². The summed E-state index contributed by atoms with van der Waals surface area (Å²) in [6.45, 7) is 5.63. The molecule has 1 saturated carbocycles. The molecule has 3 aromatic rings. The standard InChI is InChI=1S/C21H22N2O4S.C3H4O3.C2H6/c24-23-20-6-3-7-21(20)28(25,26)17-10-8-16(9-11-17)27-14-15-12-13-22-19-5-2-1-4-18(15)19;1-3(5)6-2-4;1-2/h1-2,4-5,8-13,20-21,23-24H,3,6-7,14H2;2H,1H3;1-2H3. The molecule has 0 spiro atoms. The Hall–Kier alpha value is -3.34. The number of ether oxygens (including phenoxy) is 2. The van der Waals surface area contributed by atoms with Crippen LogP contribution in [0.25, 0.3) is 10.9 Å². The lowest BCUT2D eigenvalue weighted by Gasteiger charge is -2.18. The van der Waals surface area contributed by atoms with Gasteiger partial charge in [0.25, 0.3) is 0 Å². The number of esters is 1. The summed E-state index contributed by atoms with van der Waals surface area (Å²) >= 11 is 0. The van der Waals surface area contributed by atoms with Gasteiger partial charge in [-0.1, -0.05) is 38.5 Å². The summed E-state index contributed by atoms with van der Waals surface area (Å²) in [5, 5.41) is 9.64. The number of carbonyl (C=O) groups excluding carboxylic acids is 2. The monoisotopic (exact) mass is 516 g/mol. The molecule has 9 nitrogen and oxygen atoms in total. The van der Waals surface area contributed by atoms with Crippen LogP contribution >= 0.6 is 0 Å². The van der Waals surface area contributed by atoms with E-state index in [0.717, 1.165) is 29.8 Å². The van der Waals surface area contributed by atoms with Crippen LogP contribution < -0.4 is 10.2 Å². The van der Waals surface area contributed by atoms with Crippen molar-refractivity contribution < 1.29 is 32.7 Å². The van der Waals surface area contributed by atoms with Crippen LogP contribution in [0.4, 0.5) is 0 Å². The molecular formula is C26H32N2O7S. The molecule has 0 amide bonds. The average molecular weight is 517 g/mol. The molecule has 2 N–H and O–H groups in total. The largest absolute Gasteiger partial charge is 0.489 e. The number of nitrogens with zero attached hydrogens (tertiary/aromatic N) is 1. The lowest BCUT2D eigenvalue weighted by molar-refractivity contribution is -0.149. The van der Waals surface area contributed by atoms with E-state index in [1.165, 1.54) is 0 Å². The van der Waals surface area contributed by atoms with E-state index in [4.69, 9.17) is 4.74 Å². The maximum atomic E-state index is 12.8. The highest BCUT2D eigenvalue weighted by molar-refractivity contribution is 7.92. The van der Waals surface area contributed by atoms with Gasteiger partial charge in [-0.2, -0.15) is 0 Å². The molecule has 1 aliphatic rings. The zero-order chi connectivity index (χ0) is 26.6. The van der Waals surface area contributed by atoms with Gasteiger partial charge in [0.15, 0.2) is 9.84 Å². The first kappa shape index (κ1) is 28.9. The van der Waals surface area contributed by atoms with E-state index in [-0.39, 0.29) is 11.4 Å². The fourth-order valence-electron chi connectivity index (χ4n) is 3.86. The number of aromatic nitrogens is 1. The summed E-state index contributed by atoms with van der Waals surface area (Å²) in [5.74, 6) is 0.0214. The maximum Gasteiger partial charge on any atom is 0.310 e. The molecule has 194 valence electrons. The van der Waals surface area contributed by atoms with Gasteiger partial charge in [0.05, 0.1) is 15.7 Å². The van der Waals surface area contributed by atoms with Crippen molar-refractivity contribution >= 4 is 33.2 Å². The van der Waals surface area contributed by atoms with Gasteiger partial charge in [-0.3, -0.25) is 14.6 Å². The molecule has 36 heavy (non-hydrogen) atoms. The first-order valence-corrected chi connectivity index (χ1v) is 13.2. The fourth-order valence-corrected chi connectivity index (χ4v) is 5.83. The minimum absolute atomic E-state index is 0.0995. The maximum absolute atomic E-state index is 12.8. The van der Waals surface area contributed by atoms with Gasteiger partial charge in [0, 0.05) is 30.1 Å². The van der Waals surface area contributed by atoms with Crippen LogP contribution in [0.15, 0.2) is 65.7 Å². The Bertz CT molecular complexity index is 1230. The summed E-state index contributed by atoms with van der Waals surface area (Å²) < 4.78 is 35.3. The van der Waals surface area contributed by atoms with Crippen molar-refractivity contribution in [3.05, 3.63) is 66.4 Å². The lowest BCUT2D eigenvalue weighted by Crippen LogP contribution is -2.38. The number of nitrogens with one attached hydrogen (secondary N) is 1. The molecule has 1 fully saturated rings. The third-order valence-corrected chi connectivity index (χ3v) is 7.81. The van der Waals surface area contributed by atoms with Crippen LogP contribution in [-0.2, 0) is 30.8 Å². The Morgan fingerprint density at radius 1 is 1.11 bits per heavy atom. The van der Waals surface area contributed by atoms with Crippen molar-refractivity contribution in [3.8, 4) is 5.75 Å². The van der Waals surface area contributed by atoms with Gasteiger partial charge >= 0.3 is 12.4 Å². The van der Waals surface area contributed by atoms with E-state index in [0.29, 0.717) is 25.2 Å². The molecule has 0 aliphatic heterocycles. The third kappa shape index (κ3) is 7.58. The summed E-state index contributed by atoms with van der Waals surface area (Å²) in [4.78, 5) is 23.4. The Kier molecular flexibility index (Phi) is 11.5. The minimum Gasteiger partial charge on any atom is -0.489 e. The molecule has 4 rings (SSSR count). The van der Waals surface area contributed by atoms with Crippen molar-refractivity contribution in [2.75, 3.05) is 0 Å². The first-order valence-electron chi connectivity index (χ1n) is 11.7. The minimum atomic E-state index is -3.50. The van der Waals surface area contributed by atoms with Gasteiger partial charge in [-0.15, -0.1) is 0 Å². The molecule has 10 heteroatoms.